The van der Waals surface area contributed by atoms with E-state index in [-0.39, 0.29) is 139 Å². The molecule has 2 aromatic carbocycles. The number of nitrogens with one attached hydrogen (secondary N) is 20. The Morgan fingerprint density at radius 3 is 0.986 bits per heavy atom. The molecule has 2 rings (SSSR count). The van der Waals surface area contributed by atoms with Crippen molar-refractivity contribution in [2.75, 3.05) is 39.3 Å². The van der Waals surface area contributed by atoms with Gasteiger partial charge in [-0.25, -0.2) is 4.79 Å². The highest BCUT2D eigenvalue weighted by molar-refractivity contribution is 6.02. The second kappa shape index (κ2) is 63.4. The van der Waals surface area contributed by atoms with Crippen molar-refractivity contribution in [3.8, 4) is 0 Å². The molecule has 16 amide bonds. The summed E-state index contributed by atoms with van der Waals surface area (Å²) < 4.78 is 0. The Kier molecular flexibility index (Phi) is 56.0. The van der Waals surface area contributed by atoms with Crippen LogP contribution in [0.5, 0.6) is 0 Å². The third kappa shape index (κ3) is 47.8. The van der Waals surface area contributed by atoms with Crippen LogP contribution in [0.3, 0.4) is 0 Å². The molecule has 0 aromatic heterocycles. The van der Waals surface area contributed by atoms with Gasteiger partial charge >= 0.3 is 5.97 Å². The molecule has 0 fully saturated rings. The number of aliphatic hydroxyl groups is 1. The van der Waals surface area contributed by atoms with E-state index in [2.05, 4.69) is 95.7 Å². The first-order valence-electron chi connectivity index (χ1n) is 48.0. The largest absolute Gasteiger partial charge is 0.480 e. The summed E-state index contributed by atoms with van der Waals surface area (Å²) in [6.45, 7) is 25.3. The van der Waals surface area contributed by atoms with Gasteiger partial charge in [-0.1, -0.05) is 136 Å². The Bertz CT molecular complexity index is 4310. The Labute approximate surface area is 816 Å². The maximum Gasteiger partial charge on any atom is 0.326 e. The Balaban J connectivity index is 2.43. The minimum absolute atomic E-state index is 0.000247. The number of aliphatic hydroxyl groups excluding tert-OH is 1. The molecule has 139 heavy (non-hydrogen) atoms. The van der Waals surface area contributed by atoms with Crippen LogP contribution in [0.4, 0.5) is 0 Å². The van der Waals surface area contributed by atoms with Gasteiger partial charge < -0.3 is 140 Å². The summed E-state index contributed by atoms with van der Waals surface area (Å²) in [7, 11) is 0. The summed E-state index contributed by atoms with van der Waals surface area (Å²) in [5.41, 5.74) is 31.9. The van der Waals surface area contributed by atoms with Crippen molar-refractivity contribution >= 4 is 112 Å². The van der Waals surface area contributed by atoms with Crippen molar-refractivity contribution in [2.45, 2.75) is 334 Å². The topological polar surface area (TPSA) is 751 Å². The molecule has 0 aliphatic carbocycles. The number of carboxylic acid groups (broad SMARTS) is 1. The van der Waals surface area contributed by atoms with E-state index in [9.17, 15) is 91.7 Å². The first kappa shape index (κ1) is 123. The van der Waals surface area contributed by atoms with Gasteiger partial charge in [0.15, 0.2) is 11.9 Å². The average molecular weight is 1960 g/mol. The van der Waals surface area contributed by atoms with Crippen LogP contribution in [-0.2, 0) is 94.3 Å². The smallest absolute Gasteiger partial charge is 0.326 e. The predicted octanol–water partition coefficient (Wildman–Crippen LogP) is -2.75. The van der Waals surface area contributed by atoms with Crippen LogP contribution in [0, 0.1) is 40.4 Å². The number of hydrogen-bond donors (Lipinski definition) is 28. The Morgan fingerprint density at radius 2 is 0.604 bits per heavy atom. The van der Waals surface area contributed by atoms with Gasteiger partial charge in [0.25, 0.3) is 0 Å². The standard InChI is InChI=1S/C94H162N26O19/c1-52(2)45-66(110-76(124)61(98)35-23-26-40-95)84(132)118-73(56(9)10)87(135)113-70(50-60-33-21-18-22-34-60)83(131)112-69(49-59-31-19-17-20-32-59)81(129)106-57(11)74(122)105-58(12)75(123)115-72(51-121)86(134)120-94(15,16)90(139)117-67(46-53(3)4)82(130)109-63(38-29-43-103-91(99)100)77(125)107-62(36-24-27-41-96)78(126)111-68(47-54(5)6)85(133)119-93(13,14)89(138)116-65(37-25-28-42-97)80(128)108-64(39-30-44-104-92(101)102)79(127)114-71(88(136)137)48-55(7)8/h17-22,31-34,52-58,61-73,121H,23-30,35-51,95-98H2,1-16H3,(H,105,122)(H,106,129)(H,107,125)(H,108,128)(H,109,130)(H,110,124)(H,111,126)(H,112,131)(H,113,135)(H,114,127)(H,115,123)(H,116,138)(H,117,139)(H,118,132)(H,119,133)(H,120,134)(H,136,137)(H4,99,100,103)(H4,101,102,104)/t57-,58-,61-,62-,63-,64-,65-,66-,67-,68-,69-,70-,71-,72-,73-/m0/s1. The van der Waals surface area contributed by atoms with Crippen LogP contribution < -0.4 is 130 Å². The monoisotopic (exact) mass is 1960 g/mol. The van der Waals surface area contributed by atoms with Crippen LogP contribution in [0.2, 0.25) is 0 Å². The van der Waals surface area contributed by atoms with Gasteiger partial charge in [-0.15, -0.1) is 0 Å². The number of carbonyl (C=O) groups excluding carboxylic acids is 16. The number of amides is 16. The maximum absolute atomic E-state index is 14.8. The van der Waals surface area contributed by atoms with E-state index in [4.69, 9.17) is 45.2 Å². The summed E-state index contributed by atoms with van der Waals surface area (Å²) in [5.74, 6) is -17.2. The fraction of sp³-hybridized carbons (Fsp3) is 0.670. The molecule has 0 aliphatic rings. The van der Waals surface area contributed by atoms with Crippen LogP contribution in [0.15, 0.2) is 60.7 Å². The summed E-state index contributed by atoms with van der Waals surface area (Å²) >= 11 is 0. The Hall–Kier alpha value is -12.2. The van der Waals surface area contributed by atoms with Crippen molar-refractivity contribution < 1.29 is 91.7 Å². The number of rotatable bonds is 67. The number of nitrogens with two attached hydrogens (primary N) is 6. The minimum Gasteiger partial charge on any atom is -0.480 e. The first-order chi connectivity index (χ1) is 65.2. The molecule has 0 radical (unpaired) electrons. The lowest BCUT2D eigenvalue weighted by Crippen LogP contribution is -2.64. The number of hydrogen-bond acceptors (Lipinski definition) is 24. The molecular formula is C94H162N26O19. The van der Waals surface area contributed by atoms with Gasteiger partial charge in [0.2, 0.25) is 94.5 Å². The lowest BCUT2D eigenvalue weighted by atomic mass is 9.98. The fourth-order valence-electron chi connectivity index (χ4n) is 14.5. The molecule has 0 bridgehead atoms. The second-order valence-electron chi connectivity index (χ2n) is 38.4. The normalized spacial score (nSPS) is 14.7. The SMILES string of the molecule is CC(C)C[C@H](NC(=O)[C@H](CCCNC(=N)N)NC(=O)[C@H](CCCCN)NC(=O)C(C)(C)NC(=O)[C@H](CC(C)C)NC(=O)[C@H](CCCCN)NC(=O)[C@H](CCCNC(=N)N)NC(=O)[C@H](CC(C)C)NC(=O)C(C)(C)NC(=O)[C@H](CO)NC(=O)[C@H](C)NC(=O)[C@H](C)NC(=O)[C@H](Cc1ccccc1)NC(=O)[C@H](Cc1ccccc1)NC(=O)[C@@H](NC(=O)[C@H](CC(C)C)NC(=O)[C@@H](N)CCCCN)C(C)C)C(=O)O. The second-order valence-corrected chi connectivity index (χ2v) is 38.4. The average Bonchev–Trinajstić information content (AvgIpc) is 0.869. The molecule has 0 saturated heterocycles. The van der Waals surface area contributed by atoms with E-state index in [1.165, 1.54) is 41.5 Å². The number of carbonyl (C=O) groups is 17. The van der Waals surface area contributed by atoms with Gasteiger partial charge in [-0.3, -0.25) is 87.5 Å². The molecule has 0 spiro atoms. The van der Waals surface area contributed by atoms with Crippen molar-refractivity contribution in [2.24, 2.45) is 64.0 Å². The van der Waals surface area contributed by atoms with Gasteiger partial charge in [0.05, 0.1) is 12.6 Å². The number of benzene rings is 2. The quantitative estimate of drug-likeness (QED) is 0.0181. The summed E-state index contributed by atoms with van der Waals surface area (Å²) in [4.78, 5) is 241. The van der Waals surface area contributed by atoms with Crippen molar-refractivity contribution in [3.05, 3.63) is 71.8 Å². The number of carboxylic acids is 1. The molecule has 0 saturated carbocycles. The van der Waals surface area contributed by atoms with Gasteiger partial charge in [-0.05, 0) is 205 Å². The molecule has 2 aromatic rings. The molecule has 45 heteroatoms. The highest BCUT2D eigenvalue weighted by atomic mass is 16.4. The number of aliphatic carboxylic acids is 1. The molecule has 782 valence electrons. The lowest BCUT2D eigenvalue weighted by molar-refractivity contribution is -0.143. The molecule has 0 unspecified atom stereocenters. The highest BCUT2D eigenvalue weighted by Gasteiger charge is 2.42. The van der Waals surface area contributed by atoms with E-state index >= 15 is 0 Å². The van der Waals surface area contributed by atoms with Crippen molar-refractivity contribution in [1.29, 1.82) is 10.8 Å². The zero-order chi connectivity index (χ0) is 105. The molecule has 0 aliphatic heterocycles. The van der Waals surface area contributed by atoms with Gasteiger partial charge in [-0.2, -0.15) is 0 Å². The van der Waals surface area contributed by atoms with Gasteiger partial charge in [0.1, 0.15) is 95.7 Å². The van der Waals surface area contributed by atoms with Crippen LogP contribution in [0.1, 0.15) is 231 Å². The predicted molar refractivity (Wildman–Crippen MR) is 525 cm³/mol. The first-order valence-corrected chi connectivity index (χ1v) is 48.0. The maximum atomic E-state index is 14.8. The van der Waals surface area contributed by atoms with E-state index in [1.54, 1.807) is 116 Å². The van der Waals surface area contributed by atoms with E-state index in [0.717, 1.165) is 0 Å². The molecule has 45 nitrogen and oxygen atoms in total. The van der Waals surface area contributed by atoms with E-state index in [0.29, 0.717) is 56.2 Å². The lowest BCUT2D eigenvalue weighted by Gasteiger charge is -2.32. The zero-order valence-corrected chi connectivity index (χ0v) is 83.8. The summed E-state index contributed by atoms with van der Waals surface area (Å²) in [5, 5.41) is 83.2. The summed E-state index contributed by atoms with van der Waals surface area (Å²) in [6, 6.07) is -3.23. The summed E-state index contributed by atoms with van der Waals surface area (Å²) in [6.07, 6.45) is 2.86. The Morgan fingerprint density at radius 1 is 0.324 bits per heavy atom. The van der Waals surface area contributed by atoms with Crippen LogP contribution >= 0.6 is 0 Å². The molecule has 0 heterocycles. The minimum atomic E-state index is -1.95. The molecule has 34 N–H and O–H groups in total. The van der Waals surface area contributed by atoms with Crippen LogP contribution in [-0.4, -0.2) is 264 Å². The number of guanidine groups is 2. The van der Waals surface area contributed by atoms with E-state index < -0.39 is 221 Å². The highest BCUT2D eigenvalue weighted by Crippen LogP contribution is 2.19. The van der Waals surface area contributed by atoms with E-state index in [1.807, 2.05) is 13.8 Å². The molecule has 15 atom stereocenters. The van der Waals surface area contributed by atoms with Crippen molar-refractivity contribution in [3.63, 3.8) is 0 Å². The van der Waals surface area contributed by atoms with Gasteiger partial charge in [0, 0.05) is 25.9 Å². The fourth-order valence-corrected chi connectivity index (χ4v) is 14.5. The molecular weight excluding hydrogens is 1800 g/mol. The number of unbranched alkanes of at least 4 members (excludes halogenated alkanes) is 3. The van der Waals surface area contributed by atoms with Crippen molar-refractivity contribution in [1.82, 2.24) is 95.7 Å². The third-order valence-corrected chi connectivity index (χ3v) is 22.4. The van der Waals surface area contributed by atoms with Crippen LogP contribution in [0.25, 0.3) is 0 Å². The third-order valence-electron chi connectivity index (χ3n) is 22.4. The zero-order valence-electron chi connectivity index (χ0n) is 83.8.